The van der Waals surface area contributed by atoms with Crippen LogP contribution in [0.5, 0.6) is 0 Å². The smallest absolute Gasteiger partial charge is 0.262 e. The van der Waals surface area contributed by atoms with Crippen molar-refractivity contribution in [2.75, 3.05) is 13.2 Å². The maximum Gasteiger partial charge on any atom is 0.262 e. The Kier molecular flexibility index (Phi) is 8.06. The topological polar surface area (TPSA) is 73.2 Å². The minimum atomic E-state index is -0.379. The van der Waals surface area contributed by atoms with Crippen LogP contribution in [0.3, 0.4) is 0 Å². The molecule has 1 atom stereocenters. The third-order valence-electron chi connectivity index (χ3n) is 3.88. The molecule has 0 bridgehead atoms. The molecular weight excluding hydrogens is 362 g/mol. The standard InChI is InChI=1S/C20H27N3O3S/c1-5-11-21-18(24)15(4)27-20-22-17-10-7-6-9-16(17)19(25)23(20)12-8-13-26-14(2)3/h5-7,9-10,14-15H,1,8,11-13H2,2-4H3,(H,21,24). The summed E-state index contributed by atoms with van der Waals surface area (Å²) < 4.78 is 7.23. The van der Waals surface area contributed by atoms with Crippen molar-refractivity contribution in [1.29, 1.82) is 0 Å². The molecule has 1 unspecified atom stereocenters. The number of aromatic nitrogens is 2. The lowest BCUT2D eigenvalue weighted by Crippen LogP contribution is -2.32. The zero-order chi connectivity index (χ0) is 19.8. The molecule has 0 aliphatic carbocycles. The van der Waals surface area contributed by atoms with Crippen LogP contribution in [0.1, 0.15) is 27.2 Å². The Morgan fingerprint density at radius 2 is 2.11 bits per heavy atom. The molecule has 0 spiro atoms. The number of thioether (sulfide) groups is 1. The van der Waals surface area contributed by atoms with Crippen molar-refractivity contribution in [3.05, 3.63) is 47.3 Å². The van der Waals surface area contributed by atoms with Gasteiger partial charge < -0.3 is 10.1 Å². The first-order valence-electron chi connectivity index (χ1n) is 9.10. The predicted octanol–water partition coefficient (Wildman–Crippen LogP) is 2.99. The molecule has 1 heterocycles. The van der Waals surface area contributed by atoms with Gasteiger partial charge in [-0.05, 0) is 39.3 Å². The van der Waals surface area contributed by atoms with E-state index in [1.165, 1.54) is 11.8 Å². The second-order valence-electron chi connectivity index (χ2n) is 6.44. The first-order chi connectivity index (χ1) is 12.9. The van der Waals surface area contributed by atoms with Gasteiger partial charge in [-0.1, -0.05) is 30.0 Å². The van der Waals surface area contributed by atoms with Crippen molar-refractivity contribution in [2.45, 2.75) is 50.2 Å². The molecule has 1 aromatic carbocycles. The SMILES string of the molecule is C=CCNC(=O)C(C)Sc1nc2ccccc2c(=O)n1CCCOC(C)C. The monoisotopic (exact) mass is 389 g/mol. The largest absolute Gasteiger partial charge is 0.379 e. The Bertz CT molecular complexity index is 848. The molecule has 146 valence electrons. The number of hydrogen-bond acceptors (Lipinski definition) is 5. The number of ether oxygens (including phenoxy) is 1. The van der Waals surface area contributed by atoms with Crippen molar-refractivity contribution in [3.63, 3.8) is 0 Å². The van der Waals surface area contributed by atoms with Gasteiger partial charge in [-0.3, -0.25) is 14.2 Å². The predicted molar refractivity (Wildman–Crippen MR) is 110 cm³/mol. The number of carbonyl (C=O) groups is 1. The molecule has 6 nitrogen and oxygen atoms in total. The molecule has 1 N–H and O–H groups in total. The van der Waals surface area contributed by atoms with Crippen LogP contribution in [0.25, 0.3) is 10.9 Å². The highest BCUT2D eigenvalue weighted by molar-refractivity contribution is 8.00. The third kappa shape index (κ3) is 5.94. The first kappa shape index (κ1) is 21.2. The Hall–Kier alpha value is -2.12. The van der Waals surface area contributed by atoms with E-state index in [0.717, 1.165) is 0 Å². The summed E-state index contributed by atoms with van der Waals surface area (Å²) >= 11 is 1.29. The number of fused-ring (bicyclic) bond motifs is 1. The van der Waals surface area contributed by atoms with Gasteiger partial charge in [0.05, 0.1) is 22.3 Å². The van der Waals surface area contributed by atoms with Gasteiger partial charge >= 0.3 is 0 Å². The van der Waals surface area contributed by atoms with Crippen LogP contribution in [0.4, 0.5) is 0 Å². The lowest BCUT2D eigenvalue weighted by molar-refractivity contribution is -0.120. The van der Waals surface area contributed by atoms with E-state index in [9.17, 15) is 9.59 Å². The van der Waals surface area contributed by atoms with E-state index in [-0.39, 0.29) is 22.8 Å². The van der Waals surface area contributed by atoms with Crippen molar-refractivity contribution in [2.24, 2.45) is 0 Å². The van der Waals surface area contributed by atoms with E-state index in [2.05, 4.69) is 16.9 Å². The fraction of sp³-hybridized carbons (Fsp3) is 0.450. The van der Waals surface area contributed by atoms with Gasteiger partial charge in [-0.2, -0.15) is 0 Å². The van der Waals surface area contributed by atoms with Gasteiger partial charge in [0.15, 0.2) is 5.16 Å². The summed E-state index contributed by atoms with van der Waals surface area (Å²) in [6.45, 7) is 10.8. The van der Waals surface area contributed by atoms with Crippen LogP contribution < -0.4 is 10.9 Å². The molecule has 7 heteroatoms. The summed E-state index contributed by atoms with van der Waals surface area (Å²) in [6, 6.07) is 7.27. The number of carbonyl (C=O) groups excluding carboxylic acids is 1. The number of rotatable bonds is 10. The van der Waals surface area contributed by atoms with Crippen LogP contribution in [-0.2, 0) is 16.1 Å². The molecule has 0 radical (unpaired) electrons. The van der Waals surface area contributed by atoms with Crippen molar-refractivity contribution < 1.29 is 9.53 Å². The highest BCUT2D eigenvalue weighted by Gasteiger charge is 2.19. The molecule has 0 saturated carbocycles. The Balaban J connectivity index is 2.28. The molecule has 27 heavy (non-hydrogen) atoms. The zero-order valence-corrected chi connectivity index (χ0v) is 16.9. The van der Waals surface area contributed by atoms with Gasteiger partial charge in [0.2, 0.25) is 5.91 Å². The zero-order valence-electron chi connectivity index (χ0n) is 16.1. The highest BCUT2D eigenvalue weighted by atomic mass is 32.2. The highest BCUT2D eigenvalue weighted by Crippen LogP contribution is 2.23. The van der Waals surface area contributed by atoms with Gasteiger partial charge in [0.1, 0.15) is 0 Å². The minimum Gasteiger partial charge on any atom is -0.379 e. The Morgan fingerprint density at radius 3 is 2.81 bits per heavy atom. The number of amides is 1. The number of nitrogens with zero attached hydrogens (tertiary/aromatic N) is 2. The van der Waals surface area contributed by atoms with Gasteiger partial charge in [-0.25, -0.2) is 4.98 Å². The van der Waals surface area contributed by atoms with E-state index >= 15 is 0 Å². The van der Waals surface area contributed by atoms with Crippen LogP contribution >= 0.6 is 11.8 Å². The van der Waals surface area contributed by atoms with Gasteiger partial charge in [-0.15, -0.1) is 6.58 Å². The number of hydrogen-bond donors (Lipinski definition) is 1. The quantitative estimate of drug-likeness (QED) is 0.293. The number of para-hydroxylation sites is 1. The maximum absolute atomic E-state index is 13.0. The average Bonchev–Trinajstić information content (AvgIpc) is 2.64. The molecule has 2 aromatic rings. The van der Waals surface area contributed by atoms with Crippen molar-refractivity contribution in [3.8, 4) is 0 Å². The van der Waals surface area contributed by atoms with Gasteiger partial charge in [0, 0.05) is 19.7 Å². The Labute approximate surface area is 164 Å². The first-order valence-corrected chi connectivity index (χ1v) is 9.98. The molecule has 0 aliphatic rings. The molecular formula is C20H27N3O3S. The van der Waals surface area contributed by atoms with Crippen LogP contribution in [0.15, 0.2) is 46.9 Å². The van der Waals surface area contributed by atoms with Gasteiger partial charge in [0.25, 0.3) is 5.56 Å². The van der Waals surface area contributed by atoms with Crippen LogP contribution in [0, 0.1) is 0 Å². The van der Waals surface area contributed by atoms with E-state index in [0.29, 0.717) is 42.2 Å². The van der Waals surface area contributed by atoms with E-state index in [4.69, 9.17) is 4.74 Å². The van der Waals surface area contributed by atoms with Crippen LogP contribution in [0.2, 0.25) is 0 Å². The second kappa shape index (κ2) is 10.3. The van der Waals surface area contributed by atoms with Crippen molar-refractivity contribution >= 4 is 28.6 Å². The summed E-state index contributed by atoms with van der Waals surface area (Å²) in [7, 11) is 0. The summed E-state index contributed by atoms with van der Waals surface area (Å²) in [5.74, 6) is -0.114. The molecule has 0 aliphatic heterocycles. The van der Waals surface area contributed by atoms with E-state index in [1.807, 2.05) is 32.0 Å². The number of benzene rings is 1. The molecule has 2 rings (SSSR count). The lowest BCUT2D eigenvalue weighted by atomic mass is 10.2. The number of nitrogens with one attached hydrogen (secondary N) is 1. The molecule has 1 aromatic heterocycles. The third-order valence-corrected chi connectivity index (χ3v) is 4.97. The molecule has 0 saturated heterocycles. The fourth-order valence-electron chi connectivity index (χ4n) is 2.50. The van der Waals surface area contributed by atoms with Crippen molar-refractivity contribution in [1.82, 2.24) is 14.9 Å². The summed E-state index contributed by atoms with van der Waals surface area (Å²) in [4.78, 5) is 29.8. The lowest BCUT2D eigenvalue weighted by Gasteiger charge is -2.16. The van der Waals surface area contributed by atoms with E-state index < -0.39 is 0 Å². The molecule has 0 fully saturated rings. The minimum absolute atomic E-state index is 0.0913. The normalized spacial score (nSPS) is 12.3. The average molecular weight is 390 g/mol. The fourth-order valence-corrected chi connectivity index (χ4v) is 3.46. The summed E-state index contributed by atoms with van der Waals surface area (Å²) in [5, 5.41) is 3.52. The summed E-state index contributed by atoms with van der Waals surface area (Å²) in [6.07, 6.45) is 2.48. The second-order valence-corrected chi connectivity index (χ2v) is 7.74. The summed E-state index contributed by atoms with van der Waals surface area (Å²) in [5.41, 5.74) is 0.546. The van der Waals surface area contributed by atoms with Crippen LogP contribution in [-0.4, -0.2) is 40.0 Å². The Morgan fingerprint density at radius 1 is 1.37 bits per heavy atom. The van der Waals surface area contributed by atoms with E-state index in [1.54, 1.807) is 23.6 Å². The molecule has 1 amide bonds. The maximum atomic E-state index is 13.0.